The summed E-state index contributed by atoms with van der Waals surface area (Å²) in [6, 6.07) is 7.00. The number of unbranched alkanes of at least 4 members (excludes halogenated alkanes) is 15. The molecule has 0 aliphatic carbocycles. The highest BCUT2D eigenvalue weighted by Gasteiger charge is 2.18. The van der Waals surface area contributed by atoms with Crippen LogP contribution in [0.1, 0.15) is 115 Å². The lowest BCUT2D eigenvalue weighted by Crippen LogP contribution is -2.10. The van der Waals surface area contributed by atoms with Gasteiger partial charge >= 0.3 is 0 Å². The van der Waals surface area contributed by atoms with E-state index in [1.165, 1.54) is 83.5 Å². The van der Waals surface area contributed by atoms with E-state index >= 15 is 0 Å². The number of rotatable bonds is 21. The molecule has 0 aliphatic heterocycles. The fourth-order valence-electron chi connectivity index (χ4n) is 3.95. The Kier molecular flexibility index (Phi) is 16.6. The summed E-state index contributed by atoms with van der Waals surface area (Å²) in [5, 5.41) is 0. The molecule has 0 amide bonds. The van der Waals surface area contributed by atoms with Gasteiger partial charge in [0.15, 0.2) is 0 Å². The number of hydrogen-bond donors (Lipinski definition) is 0. The molecule has 1 aromatic rings. The van der Waals surface area contributed by atoms with Crippen LogP contribution in [0, 0.1) is 0 Å². The normalized spacial score (nSPS) is 11.6. The lowest BCUT2D eigenvalue weighted by Gasteiger charge is -2.09. The first-order chi connectivity index (χ1) is 15.1. The molecule has 0 atom stereocenters. The molecule has 0 heterocycles. The lowest BCUT2D eigenvalue weighted by molar-refractivity contribution is 0.306. The van der Waals surface area contributed by atoms with Crippen molar-refractivity contribution in [3.05, 3.63) is 42.5 Å². The molecule has 0 bridgehead atoms. The van der Waals surface area contributed by atoms with E-state index in [0.717, 1.165) is 24.8 Å². The second-order valence-electron chi connectivity index (χ2n) is 8.68. The molecule has 0 radical (unpaired) electrons. The van der Waals surface area contributed by atoms with Gasteiger partial charge in [0, 0.05) is 0 Å². The molecule has 0 saturated heterocycles. The maximum atomic E-state index is 12.4. The minimum absolute atomic E-state index is 0.267. The van der Waals surface area contributed by atoms with Gasteiger partial charge in [0.05, 0.1) is 11.5 Å². The predicted octanol–water partition coefficient (Wildman–Crippen LogP) is 8.38. The van der Waals surface area contributed by atoms with Crippen LogP contribution in [-0.4, -0.2) is 15.0 Å². The van der Waals surface area contributed by atoms with E-state index in [9.17, 15) is 8.42 Å². The molecule has 178 valence electrons. The molecule has 3 nitrogen and oxygen atoms in total. The van der Waals surface area contributed by atoms with Crippen LogP contribution in [0.15, 0.2) is 41.8 Å². The smallest absolute Gasteiger partial charge is 0.266 e. The summed E-state index contributed by atoms with van der Waals surface area (Å²) in [6.07, 6.45) is 23.1. The molecule has 0 spiro atoms. The Labute approximate surface area is 192 Å². The van der Waals surface area contributed by atoms with Crippen LogP contribution in [0.4, 0.5) is 0 Å². The standard InChI is InChI=1S/C27H46O3S/c1-3-5-6-7-8-9-10-11-12-13-14-15-16-17-18-21-25-30-31(28,29)27-24-20-19-23-26(27)22-4-2/h4,19-20,23-24H,2-3,5-18,21-22,25H2,1H3. The zero-order valence-corrected chi connectivity index (χ0v) is 20.8. The fourth-order valence-corrected chi connectivity index (χ4v) is 5.14. The van der Waals surface area contributed by atoms with E-state index < -0.39 is 10.1 Å². The van der Waals surface area contributed by atoms with E-state index in [0.29, 0.717) is 6.42 Å². The highest BCUT2D eigenvalue weighted by molar-refractivity contribution is 7.86. The van der Waals surface area contributed by atoms with Crippen molar-refractivity contribution in [2.45, 2.75) is 121 Å². The van der Waals surface area contributed by atoms with Crippen molar-refractivity contribution < 1.29 is 12.6 Å². The van der Waals surface area contributed by atoms with Gasteiger partial charge in [-0.2, -0.15) is 8.42 Å². The summed E-state index contributed by atoms with van der Waals surface area (Å²) in [6.45, 7) is 6.23. The molecule has 0 aromatic heterocycles. The Hall–Kier alpha value is -1.13. The van der Waals surface area contributed by atoms with E-state index in [1.807, 2.05) is 12.1 Å². The fraction of sp³-hybridized carbons (Fsp3) is 0.704. The third-order valence-corrected chi connectivity index (χ3v) is 7.26. The van der Waals surface area contributed by atoms with Crippen LogP contribution in [0.25, 0.3) is 0 Å². The molecule has 0 aliphatic rings. The van der Waals surface area contributed by atoms with Crippen molar-refractivity contribution in [1.29, 1.82) is 0 Å². The van der Waals surface area contributed by atoms with Gasteiger partial charge in [0.25, 0.3) is 10.1 Å². The Balaban J connectivity index is 1.96. The number of allylic oxidation sites excluding steroid dienone is 1. The van der Waals surface area contributed by atoms with Crippen molar-refractivity contribution in [3.63, 3.8) is 0 Å². The second kappa shape index (κ2) is 18.4. The second-order valence-corrected chi connectivity index (χ2v) is 10.3. The highest BCUT2D eigenvalue weighted by Crippen LogP contribution is 2.19. The van der Waals surface area contributed by atoms with Crippen LogP contribution >= 0.6 is 0 Å². The zero-order chi connectivity index (χ0) is 22.6. The van der Waals surface area contributed by atoms with Crippen LogP contribution < -0.4 is 0 Å². The van der Waals surface area contributed by atoms with Crippen LogP contribution in [-0.2, 0) is 20.7 Å². The Bertz CT molecular complexity index is 667. The first-order valence-corrected chi connectivity index (χ1v) is 14.1. The molecule has 4 heteroatoms. The monoisotopic (exact) mass is 450 g/mol. The lowest BCUT2D eigenvalue weighted by atomic mass is 10.0. The molecular weight excluding hydrogens is 404 g/mol. The summed E-state index contributed by atoms with van der Waals surface area (Å²) < 4.78 is 30.1. The van der Waals surface area contributed by atoms with Crippen molar-refractivity contribution >= 4 is 10.1 Å². The van der Waals surface area contributed by atoms with Gasteiger partial charge < -0.3 is 0 Å². The third-order valence-electron chi connectivity index (χ3n) is 5.84. The quantitative estimate of drug-likeness (QED) is 0.107. The summed E-state index contributed by atoms with van der Waals surface area (Å²) in [5.74, 6) is 0. The predicted molar refractivity (Wildman–Crippen MR) is 133 cm³/mol. The first-order valence-electron chi connectivity index (χ1n) is 12.7. The van der Waals surface area contributed by atoms with E-state index in [1.54, 1.807) is 18.2 Å². The molecular formula is C27H46O3S. The van der Waals surface area contributed by atoms with E-state index in [2.05, 4.69) is 13.5 Å². The maximum Gasteiger partial charge on any atom is 0.297 e. The molecule has 1 rings (SSSR count). The molecule has 1 aromatic carbocycles. The maximum absolute atomic E-state index is 12.4. The average molecular weight is 451 g/mol. The van der Waals surface area contributed by atoms with E-state index in [-0.39, 0.29) is 11.5 Å². The Morgan fingerprint density at radius 2 is 1.19 bits per heavy atom. The van der Waals surface area contributed by atoms with Gasteiger partial charge in [-0.25, -0.2) is 0 Å². The topological polar surface area (TPSA) is 43.4 Å². The van der Waals surface area contributed by atoms with Crippen molar-refractivity contribution in [2.24, 2.45) is 0 Å². The number of benzene rings is 1. The van der Waals surface area contributed by atoms with Gasteiger partial charge in [0.2, 0.25) is 0 Å². The van der Waals surface area contributed by atoms with Crippen molar-refractivity contribution in [2.75, 3.05) is 6.61 Å². The molecule has 0 fully saturated rings. The minimum atomic E-state index is -3.68. The summed E-state index contributed by atoms with van der Waals surface area (Å²) in [5.41, 5.74) is 0.740. The molecule has 0 unspecified atom stereocenters. The van der Waals surface area contributed by atoms with Gasteiger partial charge in [-0.15, -0.1) is 6.58 Å². The SMILES string of the molecule is C=CCc1ccccc1S(=O)(=O)OCCCCCCCCCCCCCCCCCC. The summed E-state index contributed by atoms with van der Waals surface area (Å²) >= 11 is 0. The van der Waals surface area contributed by atoms with Crippen LogP contribution in [0.2, 0.25) is 0 Å². The molecule has 31 heavy (non-hydrogen) atoms. The molecule has 0 N–H and O–H groups in total. The summed E-state index contributed by atoms with van der Waals surface area (Å²) in [7, 11) is -3.68. The molecule has 0 saturated carbocycles. The Morgan fingerprint density at radius 3 is 1.68 bits per heavy atom. The average Bonchev–Trinajstić information content (AvgIpc) is 2.76. The van der Waals surface area contributed by atoms with Gasteiger partial charge in [-0.3, -0.25) is 4.18 Å². The van der Waals surface area contributed by atoms with E-state index in [4.69, 9.17) is 4.18 Å². The first kappa shape index (κ1) is 27.9. The van der Waals surface area contributed by atoms with Crippen molar-refractivity contribution in [3.8, 4) is 0 Å². The van der Waals surface area contributed by atoms with Crippen molar-refractivity contribution in [1.82, 2.24) is 0 Å². The van der Waals surface area contributed by atoms with Crippen LogP contribution in [0.3, 0.4) is 0 Å². The van der Waals surface area contributed by atoms with Gasteiger partial charge in [0.1, 0.15) is 0 Å². The zero-order valence-electron chi connectivity index (χ0n) is 20.0. The highest BCUT2D eigenvalue weighted by atomic mass is 32.2. The third kappa shape index (κ3) is 13.8. The van der Waals surface area contributed by atoms with Gasteiger partial charge in [-0.1, -0.05) is 128 Å². The summed E-state index contributed by atoms with van der Waals surface area (Å²) in [4.78, 5) is 0.270. The number of hydrogen-bond acceptors (Lipinski definition) is 3. The minimum Gasteiger partial charge on any atom is -0.266 e. The van der Waals surface area contributed by atoms with Gasteiger partial charge in [-0.05, 0) is 24.5 Å². The Morgan fingerprint density at radius 1 is 0.742 bits per heavy atom. The van der Waals surface area contributed by atoms with Crippen LogP contribution in [0.5, 0.6) is 0 Å². The largest absolute Gasteiger partial charge is 0.297 e.